The summed E-state index contributed by atoms with van der Waals surface area (Å²) in [6.45, 7) is 4.78. The van der Waals surface area contributed by atoms with Crippen LogP contribution in [-0.4, -0.2) is 29.7 Å². The van der Waals surface area contributed by atoms with Crippen LogP contribution in [0.15, 0.2) is 0 Å². The molecule has 4 heteroatoms. The minimum Gasteiger partial charge on any atom is -0.396 e. The number of aliphatic hydroxyl groups excluding tert-OH is 1. The number of hydrogen-bond donors (Lipinski definition) is 3. The lowest BCUT2D eigenvalue weighted by Crippen LogP contribution is -2.53. The van der Waals surface area contributed by atoms with Crippen LogP contribution in [-0.2, 0) is 4.79 Å². The van der Waals surface area contributed by atoms with Crippen molar-refractivity contribution >= 4 is 5.91 Å². The molecule has 1 aliphatic rings. The van der Waals surface area contributed by atoms with E-state index in [-0.39, 0.29) is 17.9 Å². The highest BCUT2D eigenvalue weighted by Crippen LogP contribution is 2.27. The second-order valence-electron chi connectivity index (χ2n) is 5.68. The highest BCUT2D eigenvalue weighted by Gasteiger charge is 2.37. The summed E-state index contributed by atoms with van der Waals surface area (Å²) in [6, 6.07) is 0. The predicted molar refractivity (Wildman–Crippen MR) is 63.9 cm³/mol. The second kappa shape index (κ2) is 5.15. The molecule has 1 aliphatic carbocycles. The van der Waals surface area contributed by atoms with Gasteiger partial charge in [0.25, 0.3) is 0 Å². The molecule has 0 spiro atoms. The van der Waals surface area contributed by atoms with E-state index in [1.165, 1.54) is 0 Å². The minimum atomic E-state index is -0.644. The first-order valence-corrected chi connectivity index (χ1v) is 6.08. The van der Waals surface area contributed by atoms with Gasteiger partial charge < -0.3 is 16.2 Å². The summed E-state index contributed by atoms with van der Waals surface area (Å²) in [6.07, 6.45) is 4.36. The van der Waals surface area contributed by atoms with E-state index in [0.29, 0.717) is 13.0 Å². The van der Waals surface area contributed by atoms with Gasteiger partial charge in [0.2, 0.25) is 5.91 Å². The largest absolute Gasteiger partial charge is 0.396 e. The third kappa shape index (κ3) is 3.46. The fourth-order valence-corrected chi connectivity index (χ4v) is 2.12. The van der Waals surface area contributed by atoms with E-state index < -0.39 is 5.54 Å². The topological polar surface area (TPSA) is 75.3 Å². The van der Waals surface area contributed by atoms with Gasteiger partial charge in [-0.3, -0.25) is 4.79 Å². The summed E-state index contributed by atoms with van der Waals surface area (Å²) in [5.41, 5.74) is 5.33. The Labute approximate surface area is 97.6 Å². The second-order valence-corrected chi connectivity index (χ2v) is 5.68. The summed E-state index contributed by atoms with van der Waals surface area (Å²) in [4.78, 5) is 11.9. The van der Waals surface area contributed by atoms with Gasteiger partial charge in [-0.25, -0.2) is 0 Å². The standard InChI is InChI=1S/C12H24N2O2/c1-11(2,7-8-15)9-14-10(16)12(13)5-3-4-6-12/h15H,3-9,13H2,1-2H3,(H,14,16). The van der Waals surface area contributed by atoms with Crippen molar-refractivity contribution in [2.24, 2.45) is 11.1 Å². The number of rotatable bonds is 5. The number of carbonyl (C=O) groups excluding carboxylic acids is 1. The number of amides is 1. The highest BCUT2D eigenvalue weighted by atomic mass is 16.3. The maximum atomic E-state index is 11.9. The Morgan fingerprint density at radius 1 is 1.44 bits per heavy atom. The van der Waals surface area contributed by atoms with E-state index in [4.69, 9.17) is 10.8 Å². The molecule has 1 rings (SSSR count). The number of nitrogens with one attached hydrogen (secondary N) is 1. The van der Waals surface area contributed by atoms with Crippen molar-refractivity contribution in [1.29, 1.82) is 0 Å². The monoisotopic (exact) mass is 228 g/mol. The zero-order valence-corrected chi connectivity index (χ0v) is 10.4. The van der Waals surface area contributed by atoms with Crippen LogP contribution >= 0.6 is 0 Å². The molecule has 0 aromatic heterocycles. The quantitative estimate of drug-likeness (QED) is 0.651. The van der Waals surface area contributed by atoms with E-state index >= 15 is 0 Å². The molecular weight excluding hydrogens is 204 g/mol. The summed E-state index contributed by atoms with van der Waals surface area (Å²) >= 11 is 0. The smallest absolute Gasteiger partial charge is 0.240 e. The van der Waals surface area contributed by atoms with Crippen LogP contribution < -0.4 is 11.1 Å². The Hall–Kier alpha value is -0.610. The van der Waals surface area contributed by atoms with Crippen LogP contribution in [0.5, 0.6) is 0 Å². The normalized spacial score (nSPS) is 19.8. The molecule has 0 unspecified atom stereocenters. The molecule has 1 fully saturated rings. The van der Waals surface area contributed by atoms with Gasteiger partial charge in [0.05, 0.1) is 5.54 Å². The first-order valence-electron chi connectivity index (χ1n) is 6.08. The van der Waals surface area contributed by atoms with Crippen molar-refractivity contribution in [3.05, 3.63) is 0 Å². The maximum absolute atomic E-state index is 11.9. The van der Waals surface area contributed by atoms with E-state index in [9.17, 15) is 4.79 Å². The van der Waals surface area contributed by atoms with Crippen LogP contribution in [0.1, 0.15) is 46.0 Å². The lowest BCUT2D eigenvalue weighted by Gasteiger charge is -2.28. The molecule has 0 bridgehead atoms. The molecule has 0 radical (unpaired) electrons. The molecule has 0 aromatic carbocycles. The number of nitrogens with two attached hydrogens (primary N) is 1. The average molecular weight is 228 g/mol. The molecule has 0 aromatic rings. The Morgan fingerprint density at radius 3 is 2.50 bits per heavy atom. The van der Waals surface area contributed by atoms with Crippen LogP contribution in [0.25, 0.3) is 0 Å². The van der Waals surface area contributed by atoms with Crippen molar-refractivity contribution < 1.29 is 9.90 Å². The van der Waals surface area contributed by atoms with Gasteiger partial charge in [0.1, 0.15) is 0 Å². The lowest BCUT2D eigenvalue weighted by atomic mass is 9.89. The summed E-state index contributed by atoms with van der Waals surface area (Å²) in [7, 11) is 0. The molecule has 0 saturated heterocycles. The number of hydrogen-bond acceptors (Lipinski definition) is 3. The third-order valence-corrected chi connectivity index (χ3v) is 3.46. The van der Waals surface area contributed by atoms with E-state index in [1.54, 1.807) is 0 Å². The third-order valence-electron chi connectivity index (χ3n) is 3.46. The van der Waals surface area contributed by atoms with Crippen LogP contribution in [0.4, 0.5) is 0 Å². The number of carbonyl (C=O) groups is 1. The zero-order chi connectivity index (χ0) is 12.2. The van der Waals surface area contributed by atoms with Gasteiger partial charge in [0.15, 0.2) is 0 Å². The Bertz CT molecular complexity index is 245. The van der Waals surface area contributed by atoms with E-state index in [0.717, 1.165) is 25.7 Å². The van der Waals surface area contributed by atoms with Gasteiger partial charge in [-0.15, -0.1) is 0 Å². The van der Waals surface area contributed by atoms with Crippen molar-refractivity contribution in [2.45, 2.75) is 51.5 Å². The fraction of sp³-hybridized carbons (Fsp3) is 0.917. The van der Waals surface area contributed by atoms with E-state index in [2.05, 4.69) is 5.32 Å². The van der Waals surface area contributed by atoms with Crippen molar-refractivity contribution in [1.82, 2.24) is 5.32 Å². The first-order chi connectivity index (χ1) is 7.40. The fourth-order valence-electron chi connectivity index (χ4n) is 2.12. The molecule has 0 aliphatic heterocycles. The zero-order valence-electron chi connectivity index (χ0n) is 10.4. The van der Waals surface area contributed by atoms with Gasteiger partial charge in [-0.2, -0.15) is 0 Å². The summed E-state index contributed by atoms with van der Waals surface area (Å²) < 4.78 is 0. The molecular formula is C12H24N2O2. The molecule has 1 saturated carbocycles. The van der Waals surface area contributed by atoms with Gasteiger partial charge >= 0.3 is 0 Å². The van der Waals surface area contributed by atoms with Crippen molar-refractivity contribution in [3.8, 4) is 0 Å². The van der Waals surface area contributed by atoms with Gasteiger partial charge in [0, 0.05) is 13.2 Å². The molecule has 94 valence electrons. The molecule has 4 N–H and O–H groups in total. The Kier molecular flexibility index (Phi) is 4.33. The van der Waals surface area contributed by atoms with Crippen LogP contribution in [0, 0.1) is 5.41 Å². The van der Waals surface area contributed by atoms with E-state index in [1.807, 2.05) is 13.8 Å². The lowest BCUT2D eigenvalue weighted by molar-refractivity contribution is -0.126. The molecule has 4 nitrogen and oxygen atoms in total. The minimum absolute atomic E-state index is 0.0315. The molecule has 0 atom stereocenters. The molecule has 0 heterocycles. The number of aliphatic hydroxyl groups is 1. The van der Waals surface area contributed by atoms with Gasteiger partial charge in [-0.1, -0.05) is 26.7 Å². The molecule has 1 amide bonds. The Morgan fingerprint density at radius 2 is 2.00 bits per heavy atom. The average Bonchev–Trinajstić information content (AvgIpc) is 2.63. The van der Waals surface area contributed by atoms with Crippen molar-refractivity contribution in [3.63, 3.8) is 0 Å². The summed E-state index contributed by atoms with van der Waals surface area (Å²) in [5.74, 6) is -0.0315. The summed E-state index contributed by atoms with van der Waals surface area (Å²) in [5, 5.41) is 11.8. The SMILES string of the molecule is CC(C)(CCO)CNC(=O)C1(N)CCCC1. The van der Waals surface area contributed by atoms with Crippen molar-refractivity contribution in [2.75, 3.05) is 13.2 Å². The van der Waals surface area contributed by atoms with Crippen LogP contribution in [0.2, 0.25) is 0 Å². The predicted octanol–water partition coefficient (Wildman–Crippen LogP) is 0.783. The van der Waals surface area contributed by atoms with Crippen LogP contribution in [0.3, 0.4) is 0 Å². The van der Waals surface area contributed by atoms with Gasteiger partial charge in [-0.05, 0) is 24.7 Å². The maximum Gasteiger partial charge on any atom is 0.240 e. The first kappa shape index (κ1) is 13.5. The Balaban J connectivity index is 2.40. The molecule has 16 heavy (non-hydrogen) atoms. The highest BCUT2D eigenvalue weighted by molar-refractivity contribution is 5.86.